The highest BCUT2D eigenvalue weighted by Gasteiger charge is 2.58. The lowest BCUT2D eigenvalue weighted by Gasteiger charge is -2.44. The topological polar surface area (TPSA) is 127 Å². The summed E-state index contributed by atoms with van der Waals surface area (Å²) in [6.45, 7) is 26.6. The van der Waals surface area contributed by atoms with E-state index in [0.29, 0.717) is 19.5 Å². The van der Waals surface area contributed by atoms with Crippen molar-refractivity contribution in [2.75, 3.05) is 19.3 Å². The van der Waals surface area contributed by atoms with Gasteiger partial charge in [0.2, 0.25) is 0 Å². The summed E-state index contributed by atoms with van der Waals surface area (Å²) in [5, 5.41) is 13.9. The van der Waals surface area contributed by atoms with Gasteiger partial charge in [0, 0.05) is 47.8 Å². The number of hydrogen-bond donors (Lipinski definition) is 2. The van der Waals surface area contributed by atoms with Gasteiger partial charge in [-0.15, -0.1) is 11.3 Å². The summed E-state index contributed by atoms with van der Waals surface area (Å²) in [5.74, 6) is -0.542. The van der Waals surface area contributed by atoms with Crippen LogP contribution in [-0.2, 0) is 23.2 Å². The number of carboxylic acid groups (broad SMARTS) is 1. The van der Waals surface area contributed by atoms with Crippen molar-refractivity contribution in [3.8, 4) is 0 Å². The summed E-state index contributed by atoms with van der Waals surface area (Å²) < 4.78 is 22.0. The molecule has 3 rings (SSSR count). The quantitative estimate of drug-likeness (QED) is 0.0718. The minimum absolute atomic E-state index is 0.0237. The maximum atomic E-state index is 15.1. The third-order valence-electron chi connectivity index (χ3n) is 13.8. The first-order valence-corrected chi connectivity index (χ1v) is 28.5. The second kappa shape index (κ2) is 21.1. The van der Waals surface area contributed by atoms with Crippen molar-refractivity contribution in [2.45, 2.75) is 186 Å². The summed E-state index contributed by atoms with van der Waals surface area (Å²) in [4.78, 5) is 48.0. The standard InChI is InChI=1S/C42H75N3O7S2Si2/c1-14-55(15-2,16-3)51-35-27-36(46)50-33(30(8)25-32-28-54-40(44-32)53-13)26-34-42(12,45(34)24-23-43-39(48)49)22-20-21-29(7)37(31(9)38(47)41(35,10)11)52-56(17-4,18-5)19-6/h25,28-29,31,33-35,37,43H,14-24,26-27H2,1-13H3,(H,48,49)/b30-25+/t29-,31+,33-,34-,35-,37-,42+,45?/m0/s1. The zero-order chi connectivity index (χ0) is 42.1. The van der Waals surface area contributed by atoms with E-state index in [0.717, 1.165) is 71.1 Å². The highest BCUT2D eigenvalue weighted by Crippen LogP contribution is 2.49. The number of hydrogen-bond acceptors (Lipinski definition) is 10. The van der Waals surface area contributed by atoms with E-state index in [1.54, 1.807) is 23.1 Å². The first-order chi connectivity index (χ1) is 26.3. The van der Waals surface area contributed by atoms with Crippen LogP contribution < -0.4 is 5.32 Å². The minimum Gasteiger partial charge on any atom is -0.465 e. The van der Waals surface area contributed by atoms with Crippen LogP contribution in [0.2, 0.25) is 36.3 Å². The van der Waals surface area contributed by atoms with Gasteiger partial charge in [-0.05, 0) is 86.8 Å². The van der Waals surface area contributed by atoms with Gasteiger partial charge in [-0.1, -0.05) is 87.4 Å². The fourth-order valence-electron chi connectivity index (χ4n) is 9.20. The average Bonchev–Trinajstić information content (AvgIpc) is 3.45. The van der Waals surface area contributed by atoms with Crippen molar-refractivity contribution in [2.24, 2.45) is 17.3 Å². The summed E-state index contributed by atoms with van der Waals surface area (Å²) in [7, 11) is -4.38. The van der Waals surface area contributed by atoms with E-state index in [1.165, 1.54) is 0 Å². The first-order valence-electron chi connectivity index (χ1n) is 21.4. The molecule has 0 aliphatic carbocycles. The molecule has 56 heavy (non-hydrogen) atoms. The van der Waals surface area contributed by atoms with Gasteiger partial charge in [0.1, 0.15) is 16.2 Å². The van der Waals surface area contributed by atoms with Crippen molar-refractivity contribution in [3.63, 3.8) is 0 Å². The average molecular weight is 854 g/mol. The highest BCUT2D eigenvalue weighted by atomic mass is 32.2. The number of nitrogens with zero attached hydrogens (tertiary/aromatic N) is 2. The molecule has 0 aromatic carbocycles. The molecule has 0 saturated carbocycles. The van der Waals surface area contributed by atoms with Gasteiger partial charge in [0.05, 0.1) is 24.3 Å². The number of ether oxygens (including phenoxy) is 1. The molecular formula is C42H75N3O7S2Si2. The molecule has 320 valence electrons. The lowest BCUT2D eigenvalue weighted by Crippen LogP contribution is -2.53. The predicted octanol–water partition coefficient (Wildman–Crippen LogP) is 10.5. The molecule has 1 unspecified atom stereocenters. The smallest absolute Gasteiger partial charge is 0.404 e. The molecule has 1 amide bonds. The Bertz CT molecular complexity index is 1470. The Morgan fingerprint density at radius 2 is 1.64 bits per heavy atom. The molecule has 0 radical (unpaired) electrons. The van der Waals surface area contributed by atoms with Crippen LogP contribution >= 0.6 is 23.1 Å². The molecule has 8 atom stereocenters. The Labute approximate surface area is 349 Å². The van der Waals surface area contributed by atoms with Gasteiger partial charge < -0.3 is 24.0 Å². The number of nitrogens with one attached hydrogen (secondary N) is 1. The number of thiazole rings is 1. The molecule has 3 heterocycles. The van der Waals surface area contributed by atoms with Gasteiger partial charge in [0.15, 0.2) is 16.6 Å². The van der Waals surface area contributed by atoms with Crippen LogP contribution in [0.15, 0.2) is 15.3 Å². The van der Waals surface area contributed by atoms with E-state index in [2.05, 4.69) is 72.5 Å². The van der Waals surface area contributed by atoms with E-state index >= 15 is 4.79 Å². The monoisotopic (exact) mass is 853 g/mol. The van der Waals surface area contributed by atoms with E-state index < -0.39 is 46.3 Å². The maximum Gasteiger partial charge on any atom is 0.404 e. The molecular weight excluding hydrogens is 779 g/mol. The summed E-state index contributed by atoms with van der Waals surface area (Å²) >= 11 is 3.19. The summed E-state index contributed by atoms with van der Waals surface area (Å²) in [6, 6.07) is 5.77. The van der Waals surface area contributed by atoms with Gasteiger partial charge in [-0.25, -0.2) is 9.78 Å². The molecule has 10 nitrogen and oxygen atoms in total. The number of amides is 1. The van der Waals surface area contributed by atoms with E-state index in [4.69, 9.17) is 18.6 Å². The molecule has 0 spiro atoms. The van der Waals surface area contributed by atoms with Crippen molar-refractivity contribution < 1.29 is 33.1 Å². The molecule has 0 bridgehead atoms. The second-order valence-electron chi connectivity index (χ2n) is 17.3. The number of Topliss-reactive ketones (excluding diaryl/α,β-unsaturated/α-hetero) is 1. The third kappa shape index (κ3) is 11.8. The van der Waals surface area contributed by atoms with Crippen LogP contribution in [0.5, 0.6) is 0 Å². The molecule has 2 aliphatic rings. The molecule has 1 aromatic heterocycles. The SMILES string of the molecule is CC[Si](CC)(CC)O[C@H]1[C@@H](C)CCC[C@]2(C)[C@H](C[C@@H](/C(C)=C/c3csc(SC)n3)OC(=O)C[C@H](O[Si](CC)(CC)CC)C(C)(C)C(=O)[C@@H]1C)N2CCNC(=O)O. The predicted molar refractivity (Wildman–Crippen MR) is 237 cm³/mol. The molecule has 2 aliphatic heterocycles. The number of ketones is 1. The van der Waals surface area contributed by atoms with Crippen molar-refractivity contribution >= 4 is 63.7 Å². The van der Waals surface area contributed by atoms with Crippen LogP contribution in [0, 0.1) is 17.3 Å². The largest absolute Gasteiger partial charge is 0.465 e. The second-order valence-corrected chi connectivity index (χ2v) is 28.6. The fourth-order valence-corrected chi connectivity index (χ4v) is 16.4. The first kappa shape index (κ1) is 48.8. The maximum absolute atomic E-state index is 15.1. The van der Waals surface area contributed by atoms with Crippen LogP contribution in [0.3, 0.4) is 0 Å². The van der Waals surface area contributed by atoms with Gasteiger partial charge >= 0.3 is 12.1 Å². The van der Waals surface area contributed by atoms with Crippen LogP contribution in [-0.4, -0.2) is 98.7 Å². The van der Waals surface area contributed by atoms with Crippen LogP contribution in [0.4, 0.5) is 4.79 Å². The van der Waals surface area contributed by atoms with Gasteiger partial charge in [-0.3, -0.25) is 14.5 Å². The van der Waals surface area contributed by atoms with Gasteiger partial charge in [0.25, 0.3) is 0 Å². The van der Waals surface area contributed by atoms with Crippen molar-refractivity contribution in [3.05, 3.63) is 16.6 Å². The lowest BCUT2D eigenvalue weighted by molar-refractivity contribution is -0.153. The Morgan fingerprint density at radius 3 is 2.18 bits per heavy atom. The molecule has 2 N–H and O–H groups in total. The molecule has 2 fully saturated rings. The zero-order valence-corrected chi connectivity index (χ0v) is 40.6. The highest BCUT2D eigenvalue weighted by molar-refractivity contribution is 8.00. The number of fused-ring (bicyclic) bond motifs is 1. The van der Waals surface area contributed by atoms with E-state index in [9.17, 15) is 14.7 Å². The van der Waals surface area contributed by atoms with Crippen molar-refractivity contribution in [1.82, 2.24) is 15.2 Å². The van der Waals surface area contributed by atoms with E-state index in [-0.39, 0.29) is 41.8 Å². The number of carbonyl (C=O) groups is 3. The Kier molecular flexibility index (Phi) is 18.4. The van der Waals surface area contributed by atoms with Crippen LogP contribution in [0.25, 0.3) is 6.08 Å². The Balaban J connectivity index is 2.16. The minimum atomic E-state index is -2.28. The number of carbonyl (C=O) groups excluding carboxylic acids is 2. The van der Waals surface area contributed by atoms with Crippen molar-refractivity contribution in [1.29, 1.82) is 0 Å². The molecule has 1 aromatic rings. The number of aromatic nitrogens is 1. The number of thioether (sulfide) groups is 1. The van der Waals surface area contributed by atoms with Crippen LogP contribution in [0.1, 0.15) is 121 Å². The number of esters is 1. The van der Waals surface area contributed by atoms with E-state index in [1.807, 2.05) is 38.5 Å². The summed E-state index contributed by atoms with van der Waals surface area (Å²) in [5.41, 5.74) is 0.560. The number of cyclic esters (lactones) is 1. The zero-order valence-electron chi connectivity index (χ0n) is 36.9. The summed E-state index contributed by atoms with van der Waals surface area (Å²) in [6.07, 6.45) is 4.84. The normalized spacial score (nSPS) is 29.7. The fraction of sp³-hybridized carbons (Fsp3) is 0.810. The van der Waals surface area contributed by atoms with Gasteiger partial charge in [-0.2, -0.15) is 0 Å². The molecule has 14 heteroatoms. The third-order valence-corrected chi connectivity index (χ3v) is 25.0. The Morgan fingerprint density at radius 1 is 1.05 bits per heavy atom. The lowest BCUT2D eigenvalue weighted by atomic mass is 9.73. The number of rotatable bonds is 16. The Hall–Kier alpha value is -1.56. The molecule has 2 saturated heterocycles.